The molecule has 1 nitrogen and oxygen atoms in total. The summed E-state index contributed by atoms with van der Waals surface area (Å²) in [5, 5.41) is 1.30. The van der Waals surface area contributed by atoms with Crippen molar-refractivity contribution in [3.05, 3.63) is 41.6 Å². The van der Waals surface area contributed by atoms with E-state index in [-0.39, 0.29) is 0 Å². The molecule has 13 heavy (non-hydrogen) atoms. The summed E-state index contributed by atoms with van der Waals surface area (Å²) in [6.45, 7) is 4.23. The maximum absolute atomic E-state index is 3.25. The van der Waals surface area contributed by atoms with Crippen molar-refractivity contribution < 1.29 is 0 Å². The van der Waals surface area contributed by atoms with E-state index in [0.29, 0.717) is 0 Å². The molecule has 1 heterocycles. The lowest BCUT2D eigenvalue weighted by Gasteiger charge is -1.91. The summed E-state index contributed by atoms with van der Waals surface area (Å²) in [6, 6.07) is 8.35. The Morgan fingerprint density at radius 2 is 2.00 bits per heavy atom. The molecule has 0 atom stereocenters. The number of nitrogens with one attached hydrogen (secondary N) is 1. The third-order valence-electron chi connectivity index (χ3n) is 2.07. The smallest absolute Gasteiger partial charge is 0.0460 e. The maximum Gasteiger partial charge on any atom is 0.0460 e. The standard InChI is InChI=1S/C12H13N/c1-9(2)7-10-8-13-12-6-4-3-5-11(10)12/h3-8,13H,1-2H3. The molecule has 0 saturated carbocycles. The van der Waals surface area contributed by atoms with E-state index in [9.17, 15) is 0 Å². The van der Waals surface area contributed by atoms with Gasteiger partial charge in [-0.15, -0.1) is 0 Å². The molecule has 0 aliphatic heterocycles. The van der Waals surface area contributed by atoms with Crippen LogP contribution in [0.2, 0.25) is 0 Å². The predicted octanol–water partition coefficient (Wildman–Crippen LogP) is 3.59. The van der Waals surface area contributed by atoms with Gasteiger partial charge in [-0.2, -0.15) is 0 Å². The summed E-state index contributed by atoms with van der Waals surface area (Å²) in [5.41, 5.74) is 3.80. The molecule has 1 aromatic carbocycles. The Morgan fingerprint density at radius 1 is 1.23 bits per heavy atom. The van der Waals surface area contributed by atoms with E-state index in [2.05, 4.69) is 49.3 Å². The number of benzene rings is 1. The first kappa shape index (κ1) is 8.11. The van der Waals surface area contributed by atoms with Crippen LogP contribution in [0.1, 0.15) is 19.4 Å². The van der Waals surface area contributed by atoms with Crippen LogP contribution in [0.4, 0.5) is 0 Å². The van der Waals surface area contributed by atoms with Crippen LogP contribution in [0, 0.1) is 0 Å². The lowest BCUT2D eigenvalue weighted by molar-refractivity contribution is 1.42. The zero-order valence-electron chi connectivity index (χ0n) is 7.96. The van der Waals surface area contributed by atoms with Gasteiger partial charge in [0.1, 0.15) is 0 Å². The molecule has 0 fully saturated rings. The quantitative estimate of drug-likeness (QED) is 0.674. The fourth-order valence-corrected chi connectivity index (χ4v) is 1.52. The molecule has 0 aliphatic rings. The van der Waals surface area contributed by atoms with Gasteiger partial charge >= 0.3 is 0 Å². The molecule has 66 valence electrons. The molecule has 1 N–H and O–H groups in total. The first-order valence-corrected chi connectivity index (χ1v) is 4.48. The van der Waals surface area contributed by atoms with Crippen LogP contribution in [-0.4, -0.2) is 4.98 Å². The molecular weight excluding hydrogens is 158 g/mol. The molecule has 0 unspecified atom stereocenters. The zero-order valence-corrected chi connectivity index (χ0v) is 7.96. The molecule has 2 aromatic rings. The van der Waals surface area contributed by atoms with E-state index in [0.717, 1.165) is 0 Å². The minimum Gasteiger partial charge on any atom is -0.361 e. The third-order valence-corrected chi connectivity index (χ3v) is 2.07. The number of allylic oxidation sites excluding steroid dienone is 1. The lowest BCUT2D eigenvalue weighted by Crippen LogP contribution is -1.69. The fourth-order valence-electron chi connectivity index (χ4n) is 1.52. The van der Waals surface area contributed by atoms with Gasteiger partial charge in [-0.1, -0.05) is 29.8 Å². The number of fused-ring (bicyclic) bond motifs is 1. The molecule has 0 aliphatic carbocycles. The molecule has 0 radical (unpaired) electrons. The largest absolute Gasteiger partial charge is 0.361 e. The Labute approximate surface area is 78.1 Å². The molecule has 0 bridgehead atoms. The number of para-hydroxylation sites is 1. The van der Waals surface area contributed by atoms with Crippen LogP contribution in [0.3, 0.4) is 0 Å². The average Bonchev–Trinajstić information content (AvgIpc) is 2.48. The predicted molar refractivity (Wildman–Crippen MR) is 57.6 cm³/mol. The summed E-state index contributed by atoms with van der Waals surface area (Å²) in [7, 11) is 0. The molecule has 0 spiro atoms. The highest BCUT2D eigenvalue weighted by molar-refractivity contribution is 5.88. The van der Waals surface area contributed by atoms with E-state index >= 15 is 0 Å². The van der Waals surface area contributed by atoms with Gasteiger partial charge in [0.05, 0.1) is 0 Å². The summed E-state index contributed by atoms with van der Waals surface area (Å²) in [4.78, 5) is 3.25. The van der Waals surface area contributed by atoms with Crippen molar-refractivity contribution in [1.29, 1.82) is 0 Å². The van der Waals surface area contributed by atoms with E-state index in [1.54, 1.807) is 0 Å². The minimum absolute atomic E-state index is 1.20. The summed E-state index contributed by atoms with van der Waals surface area (Å²) in [5.74, 6) is 0. The Bertz CT molecular complexity index is 445. The SMILES string of the molecule is CC(C)=Cc1c[nH]c2ccccc12. The summed E-state index contributed by atoms with van der Waals surface area (Å²) in [6.07, 6.45) is 4.25. The van der Waals surface area contributed by atoms with Gasteiger partial charge in [-0.3, -0.25) is 0 Å². The van der Waals surface area contributed by atoms with E-state index in [4.69, 9.17) is 0 Å². The van der Waals surface area contributed by atoms with E-state index < -0.39 is 0 Å². The molecule has 1 heteroatoms. The molecule has 0 amide bonds. The van der Waals surface area contributed by atoms with Crippen LogP contribution in [0.5, 0.6) is 0 Å². The number of rotatable bonds is 1. The Balaban J connectivity index is 2.65. The molecular formula is C12H13N. The number of hydrogen-bond donors (Lipinski definition) is 1. The van der Waals surface area contributed by atoms with Gasteiger partial charge in [-0.25, -0.2) is 0 Å². The molecule has 0 saturated heterocycles. The second-order valence-corrected chi connectivity index (χ2v) is 3.51. The van der Waals surface area contributed by atoms with Crippen LogP contribution >= 0.6 is 0 Å². The van der Waals surface area contributed by atoms with Crippen molar-refractivity contribution in [2.24, 2.45) is 0 Å². The van der Waals surface area contributed by atoms with Crippen LogP contribution in [0.15, 0.2) is 36.0 Å². The monoisotopic (exact) mass is 171 g/mol. The second kappa shape index (κ2) is 3.09. The van der Waals surface area contributed by atoms with Crippen molar-refractivity contribution in [1.82, 2.24) is 4.98 Å². The topological polar surface area (TPSA) is 15.8 Å². The first-order chi connectivity index (χ1) is 6.27. The van der Waals surface area contributed by atoms with Crippen molar-refractivity contribution in [2.45, 2.75) is 13.8 Å². The van der Waals surface area contributed by atoms with Crippen LogP contribution in [0.25, 0.3) is 17.0 Å². The number of H-pyrrole nitrogens is 1. The van der Waals surface area contributed by atoms with Gasteiger partial charge in [0.25, 0.3) is 0 Å². The van der Waals surface area contributed by atoms with Crippen molar-refractivity contribution >= 4 is 17.0 Å². The lowest BCUT2D eigenvalue weighted by atomic mass is 10.1. The summed E-state index contributed by atoms with van der Waals surface area (Å²) >= 11 is 0. The van der Waals surface area contributed by atoms with Crippen molar-refractivity contribution in [3.63, 3.8) is 0 Å². The average molecular weight is 171 g/mol. The van der Waals surface area contributed by atoms with Crippen LogP contribution in [-0.2, 0) is 0 Å². The number of aromatic amines is 1. The van der Waals surface area contributed by atoms with Gasteiger partial charge in [0.2, 0.25) is 0 Å². The van der Waals surface area contributed by atoms with Gasteiger partial charge in [-0.05, 0) is 25.5 Å². The van der Waals surface area contributed by atoms with Crippen molar-refractivity contribution in [3.8, 4) is 0 Å². The fraction of sp³-hybridized carbons (Fsp3) is 0.167. The van der Waals surface area contributed by atoms with Crippen molar-refractivity contribution in [2.75, 3.05) is 0 Å². The second-order valence-electron chi connectivity index (χ2n) is 3.51. The highest BCUT2D eigenvalue weighted by Crippen LogP contribution is 2.19. The highest BCUT2D eigenvalue weighted by Gasteiger charge is 1.98. The maximum atomic E-state index is 3.25. The Morgan fingerprint density at radius 3 is 2.77 bits per heavy atom. The number of hydrogen-bond acceptors (Lipinski definition) is 0. The summed E-state index contributed by atoms with van der Waals surface area (Å²) < 4.78 is 0. The first-order valence-electron chi connectivity index (χ1n) is 4.48. The van der Waals surface area contributed by atoms with Gasteiger partial charge in [0.15, 0.2) is 0 Å². The Hall–Kier alpha value is -1.50. The normalized spacial score (nSPS) is 10.3. The highest BCUT2D eigenvalue weighted by atomic mass is 14.7. The molecule has 2 rings (SSSR count). The zero-order chi connectivity index (χ0) is 9.26. The minimum atomic E-state index is 1.20. The van der Waals surface area contributed by atoms with E-state index in [1.807, 2.05) is 6.07 Å². The Kier molecular flexibility index (Phi) is 1.93. The van der Waals surface area contributed by atoms with Gasteiger partial charge in [0, 0.05) is 17.1 Å². The molecule has 1 aromatic heterocycles. The number of aromatic nitrogens is 1. The van der Waals surface area contributed by atoms with E-state index in [1.165, 1.54) is 22.0 Å². The van der Waals surface area contributed by atoms with Gasteiger partial charge < -0.3 is 4.98 Å². The van der Waals surface area contributed by atoms with Crippen LogP contribution < -0.4 is 0 Å². The third kappa shape index (κ3) is 1.50.